The smallest absolute Gasteiger partial charge is 0.338 e. The van der Waals surface area contributed by atoms with Crippen molar-refractivity contribution in [2.45, 2.75) is 231 Å². The summed E-state index contributed by atoms with van der Waals surface area (Å²) in [5, 5.41) is 170. The number of aliphatic hydroxyl groups is 15. The first kappa shape index (κ1) is 83.9. The standard InChI is InChI=1S/C73H93NO36/c1-30-36(100-65(95)47(83)45(33-16-10-7-11-17-33)74-63(93)34-18-12-8-13-19-34)23-73(96)62(109-64(94)35-20-14-9-15-21-35)60-71(6,61(92)59(99-31(2)79)44(30)70(73,4)5)41(22-42-72(60,29-98-42)110-32(3)80)105-43(81)28-97-66-53(89)49(85)56(38(25-76)102-66)107-68-55(91)51(87)58(40(27-78)104-68)108-69-54(90)50(86)57(39(26-77)103-69)106-67-52(88)48(84)46(82)37(24-75)101-67/h7-21,36-42,45-60,62,66-69,75-78,82-91,96H,22-29H2,1-6H3,(H,74,93)/t36-,37+,38+,39+,40+,41-,42+,45-,46+,47+,48-,49+,50+,51+,52+,53+,54+,55+,56+,57+,58+,59+,60-,62-,66?,67+,68+,69+,71+,72-,73+/m0/s1. The molecule has 1 amide bonds. The third-order valence-corrected chi connectivity index (χ3v) is 22.3. The predicted octanol–water partition coefficient (Wildman–Crippen LogP) is -5.42. The minimum Gasteiger partial charge on any atom is -0.459 e. The number of carbonyl (C=O) groups excluding carboxylic acids is 7. The number of amides is 1. The number of rotatable bonds is 24. The SMILES string of the molecule is CC(=O)O[C@H]1C(=O)[C@]2(C)[C@@H](OC(=O)COC3O[C@H](CO)[C@@H](O[C@H]4O[C@H](CO)[C@@H](O[C@H]5O[C@H](CO)[C@@H](O[C@H]6O[C@H](CO)[C@@H](O)[C@H](O)[C@H]6O)[C@H](O)[C@H]5O)[C@H](O)[C@H]4O)[C@H](O)[C@H]3O)C[C@H]3OC[C@@]3(OC(C)=O)[C@H]2[C@H](OC(=O)c2ccccc2)[C@]2(O)C[C@H](OC(=O)[C@H](O)[C@@H](NC(=O)c3ccccc3)c3ccccc3)C(C)=C1C2(C)C. The fourth-order valence-corrected chi connectivity index (χ4v) is 16.3. The van der Waals surface area contributed by atoms with Crippen molar-refractivity contribution in [1.82, 2.24) is 5.32 Å². The monoisotopic (exact) mass is 1560 g/mol. The zero-order valence-corrected chi connectivity index (χ0v) is 60.3. The number of nitrogens with one attached hydrogen (secondary N) is 1. The van der Waals surface area contributed by atoms with Gasteiger partial charge in [0.25, 0.3) is 5.91 Å². The van der Waals surface area contributed by atoms with Gasteiger partial charge in [0.2, 0.25) is 0 Å². The zero-order valence-electron chi connectivity index (χ0n) is 60.3. The largest absolute Gasteiger partial charge is 0.459 e. The highest BCUT2D eigenvalue weighted by atomic mass is 16.8. The van der Waals surface area contributed by atoms with Gasteiger partial charge in [-0.3, -0.25) is 19.2 Å². The molecular weight excluding hydrogens is 1470 g/mol. The number of ketones is 1. The van der Waals surface area contributed by atoms with Gasteiger partial charge in [0.1, 0.15) is 134 Å². The van der Waals surface area contributed by atoms with Crippen LogP contribution in [0.3, 0.4) is 0 Å². The van der Waals surface area contributed by atoms with E-state index in [0.717, 1.165) is 13.8 Å². The molecule has 37 heteroatoms. The Labute approximate surface area is 627 Å². The van der Waals surface area contributed by atoms with Gasteiger partial charge in [-0.05, 0) is 54.8 Å². The minimum atomic E-state index is -2.70. The quantitative estimate of drug-likeness (QED) is 0.0226. The van der Waals surface area contributed by atoms with Crippen LogP contribution < -0.4 is 5.32 Å². The Bertz CT molecular complexity index is 3770. The van der Waals surface area contributed by atoms with Crippen LogP contribution in [0.1, 0.15) is 86.7 Å². The van der Waals surface area contributed by atoms with Crippen molar-refractivity contribution in [3.63, 3.8) is 0 Å². The maximum absolute atomic E-state index is 16.6. The van der Waals surface area contributed by atoms with Crippen molar-refractivity contribution in [1.29, 1.82) is 0 Å². The second-order valence-corrected chi connectivity index (χ2v) is 29.2. The Balaban J connectivity index is 0.839. The molecule has 5 saturated heterocycles. The van der Waals surface area contributed by atoms with Crippen LogP contribution in [-0.4, -0.2) is 328 Å². The highest BCUT2D eigenvalue weighted by Crippen LogP contribution is 2.65. The Kier molecular flexibility index (Phi) is 25.9. The van der Waals surface area contributed by atoms with Crippen molar-refractivity contribution < 1.29 is 176 Å². The normalized spacial score (nSPS) is 40.0. The van der Waals surface area contributed by atoms with Crippen LogP contribution in [0.25, 0.3) is 0 Å². The molecule has 5 heterocycles. The molecule has 5 aliphatic heterocycles. The number of benzene rings is 3. The summed E-state index contributed by atoms with van der Waals surface area (Å²) in [6.07, 6.45) is -52.1. The lowest BCUT2D eigenvalue weighted by molar-refractivity contribution is -0.388. The van der Waals surface area contributed by atoms with Crippen LogP contribution >= 0.6 is 0 Å². The van der Waals surface area contributed by atoms with Crippen molar-refractivity contribution in [2.24, 2.45) is 16.7 Å². The molecule has 110 heavy (non-hydrogen) atoms. The summed E-state index contributed by atoms with van der Waals surface area (Å²) in [7, 11) is 0. The zero-order chi connectivity index (χ0) is 80.0. The van der Waals surface area contributed by atoms with E-state index < -0.39 is 287 Å². The summed E-state index contributed by atoms with van der Waals surface area (Å²) >= 11 is 0. The van der Waals surface area contributed by atoms with E-state index in [-0.39, 0.29) is 27.8 Å². The first-order valence-corrected chi connectivity index (χ1v) is 35.6. The molecule has 8 aliphatic rings. The first-order valence-electron chi connectivity index (χ1n) is 35.6. The Morgan fingerprint density at radius 2 is 1.05 bits per heavy atom. The van der Waals surface area contributed by atoms with Gasteiger partial charge in [0.15, 0.2) is 48.8 Å². The molecule has 3 aromatic carbocycles. The van der Waals surface area contributed by atoms with E-state index in [1.54, 1.807) is 42.5 Å². The van der Waals surface area contributed by atoms with Gasteiger partial charge in [-0.15, -0.1) is 0 Å². The lowest BCUT2D eigenvalue weighted by Gasteiger charge is -2.67. The molecule has 3 aromatic rings. The van der Waals surface area contributed by atoms with Crippen LogP contribution in [0.15, 0.2) is 102 Å². The van der Waals surface area contributed by atoms with Gasteiger partial charge < -0.3 is 148 Å². The van der Waals surface area contributed by atoms with E-state index in [0.29, 0.717) is 0 Å². The molecule has 7 fully saturated rings. The second-order valence-electron chi connectivity index (χ2n) is 29.2. The number of carbonyl (C=O) groups is 7. The Morgan fingerprint density at radius 3 is 1.53 bits per heavy atom. The average Bonchev–Trinajstić information content (AvgIpc) is 0.666. The highest BCUT2D eigenvalue weighted by molar-refractivity contribution is 5.96. The first-order chi connectivity index (χ1) is 52.1. The summed E-state index contributed by atoms with van der Waals surface area (Å²) < 4.78 is 82.6. The molecule has 3 aliphatic carbocycles. The second kappa shape index (κ2) is 33.9. The van der Waals surface area contributed by atoms with Crippen LogP contribution in [0, 0.1) is 16.7 Å². The molecule has 37 nitrogen and oxygen atoms in total. The van der Waals surface area contributed by atoms with Crippen LogP contribution in [0.2, 0.25) is 0 Å². The number of aliphatic hydroxyl groups excluding tert-OH is 14. The molecule has 11 rings (SSSR count). The molecule has 1 unspecified atom stereocenters. The van der Waals surface area contributed by atoms with E-state index in [9.17, 15) is 105 Å². The van der Waals surface area contributed by atoms with Crippen molar-refractivity contribution in [3.05, 3.63) is 119 Å². The Morgan fingerprint density at radius 1 is 0.573 bits per heavy atom. The van der Waals surface area contributed by atoms with Crippen molar-refractivity contribution in [3.8, 4) is 0 Å². The summed E-state index contributed by atoms with van der Waals surface area (Å²) in [4.78, 5) is 102. The molecule has 0 spiro atoms. The van der Waals surface area contributed by atoms with Crippen LogP contribution in [0.4, 0.5) is 0 Å². The van der Waals surface area contributed by atoms with Gasteiger partial charge in [-0.1, -0.05) is 80.6 Å². The van der Waals surface area contributed by atoms with Gasteiger partial charge in [0, 0.05) is 37.7 Å². The van der Waals surface area contributed by atoms with Crippen molar-refractivity contribution >= 4 is 41.5 Å². The fourth-order valence-electron chi connectivity index (χ4n) is 16.3. The van der Waals surface area contributed by atoms with Gasteiger partial charge in [-0.2, -0.15) is 0 Å². The highest BCUT2D eigenvalue weighted by Gasteiger charge is 2.79. The molecule has 0 aromatic heterocycles. The minimum absolute atomic E-state index is 0.0241. The lowest BCUT2D eigenvalue weighted by atomic mass is 9.44. The van der Waals surface area contributed by atoms with Gasteiger partial charge in [0.05, 0.1) is 56.0 Å². The number of ether oxygens (including phenoxy) is 14. The third-order valence-electron chi connectivity index (χ3n) is 22.3. The average molecular weight is 1560 g/mol. The van der Waals surface area contributed by atoms with Crippen LogP contribution in [-0.2, 0) is 90.3 Å². The third kappa shape index (κ3) is 15.8. The van der Waals surface area contributed by atoms with E-state index in [1.807, 2.05) is 0 Å². The van der Waals surface area contributed by atoms with Gasteiger partial charge >= 0.3 is 29.8 Å². The molecule has 16 N–H and O–H groups in total. The topological polar surface area (TPSA) is 564 Å². The lowest BCUT2D eigenvalue weighted by Crippen LogP contribution is -2.82. The number of hydrogen-bond acceptors (Lipinski definition) is 36. The molecule has 2 bridgehead atoms. The van der Waals surface area contributed by atoms with Crippen molar-refractivity contribution in [2.75, 3.05) is 39.6 Å². The number of Topliss-reactive ketones (excluding diaryl/α,β-unsaturated/α-hetero) is 1. The maximum Gasteiger partial charge on any atom is 0.338 e. The number of fused-ring (bicyclic) bond motifs is 5. The molecule has 31 atom stereocenters. The summed E-state index contributed by atoms with van der Waals surface area (Å²) in [5.74, 6) is -9.68. The fraction of sp³-hybridized carbons (Fsp3) is 0.630. The summed E-state index contributed by atoms with van der Waals surface area (Å²) in [6, 6.07) is 21.7. The number of hydrogen-bond donors (Lipinski definition) is 16. The van der Waals surface area contributed by atoms with E-state index >= 15 is 4.79 Å². The molecule has 2 saturated carbocycles. The predicted molar refractivity (Wildman–Crippen MR) is 359 cm³/mol. The van der Waals surface area contributed by atoms with Crippen LogP contribution in [0.5, 0.6) is 0 Å². The summed E-state index contributed by atoms with van der Waals surface area (Å²) in [6.45, 7) is 1.69. The summed E-state index contributed by atoms with van der Waals surface area (Å²) in [5.41, 5.74) is -9.17. The van der Waals surface area contributed by atoms with E-state index in [2.05, 4.69) is 5.32 Å². The Hall–Kier alpha value is -7.07. The van der Waals surface area contributed by atoms with E-state index in [1.165, 1.54) is 76.2 Å². The van der Waals surface area contributed by atoms with E-state index in [4.69, 9.17) is 66.3 Å². The maximum atomic E-state index is 16.6. The molecule has 606 valence electrons. The molecule has 0 radical (unpaired) electrons. The number of esters is 5. The van der Waals surface area contributed by atoms with Gasteiger partial charge in [-0.25, -0.2) is 14.4 Å². The molecular formula is C73H93NO36.